The fourth-order valence-corrected chi connectivity index (χ4v) is 4.85. The highest BCUT2D eigenvalue weighted by Gasteiger charge is 2.42. The molecule has 0 radical (unpaired) electrons. The number of hydrogen-bond acceptors (Lipinski definition) is 7. The smallest absolute Gasteiger partial charge is 0.246 e. The van der Waals surface area contributed by atoms with Crippen molar-refractivity contribution >= 4 is 29.5 Å². The summed E-state index contributed by atoms with van der Waals surface area (Å²) in [5.41, 5.74) is 0.752. The first-order chi connectivity index (χ1) is 15.9. The molecule has 0 saturated carbocycles. The van der Waals surface area contributed by atoms with Crippen molar-refractivity contribution in [2.24, 2.45) is 5.41 Å². The van der Waals surface area contributed by atoms with Crippen molar-refractivity contribution in [3.63, 3.8) is 0 Å². The second-order valence-corrected chi connectivity index (χ2v) is 8.81. The molecule has 10 nitrogen and oxygen atoms in total. The summed E-state index contributed by atoms with van der Waals surface area (Å²) in [7, 11) is 3.07. The monoisotopic (exact) mass is 474 g/mol. The van der Waals surface area contributed by atoms with E-state index in [1.54, 1.807) is 31.4 Å². The zero-order chi connectivity index (χ0) is 23.4. The number of halogens is 1. The molecule has 1 spiro atoms. The Hall–Kier alpha value is -3.14. The number of carbonyl (C=O) groups excluding carboxylic acids is 2. The molecule has 33 heavy (non-hydrogen) atoms. The Morgan fingerprint density at radius 2 is 1.85 bits per heavy atom. The van der Waals surface area contributed by atoms with Crippen LogP contribution in [-0.4, -0.2) is 82.2 Å². The molecule has 2 aliphatic rings. The summed E-state index contributed by atoms with van der Waals surface area (Å²) in [6, 6.07) is 3.55. The van der Waals surface area contributed by atoms with Crippen molar-refractivity contribution in [3.8, 4) is 11.5 Å². The van der Waals surface area contributed by atoms with Gasteiger partial charge in [-0.25, -0.2) is 4.68 Å². The number of likely N-dealkylation sites (tertiary alicyclic amines) is 2. The van der Waals surface area contributed by atoms with Gasteiger partial charge in [-0.2, -0.15) is 0 Å². The summed E-state index contributed by atoms with van der Waals surface area (Å²) in [5, 5.41) is 11.3. The van der Waals surface area contributed by atoms with Gasteiger partial charge in [-0.1, -0.05) is 11.6 Å². The number of nitrogens with zero attached hydrogens (tertiary/aromatic N) is 6. The maximum absolute atomic E-state index is 12.8. The SMILES string of the molecule is COc1ccc(C=CC(=O)N2CCC3(CCN(C(=O)Cn4cnnn4)CC3)C2)c(Cl)c1OC. The van der Waals surface area contributed by atoms with Crippen molar-refractivity contribution in [2.45, 2.75) is 25.8 Å². The number of methoxy groups -OCH3 is 2. The highest BCUT2D eigenvalue weighted by atomic mass is 35.5. The van der Waals surface area contributed by atoms with Crippen LogP contribution in [0.3, 0.4) is 0 Å². The number of aromatic nitrogens is 4. The van der Waals surface area contributed by atoms with Crippen LogP contribution in [0, 0.1) is 5.41 Å². The molecule has 176 valence electrons. The molecule has 2 amide bonds. The predicted molar refractivity (Wildman–Crippen MR) is 121 cm³/mol. The molecular weight excluding hydrogens is 448 g/mol. The third-order valence-corrected chi connectivity index (χ3v) is 6.93. The molecule has 11 heteroatoms. The van der Waals surface area contributed by atoms with Gasteiger partial charge in [-0.05, 0) is 58.9 Å². The Bertz CT molecular complexity index is 1030. The van der Waals surface area contributed by atoms with Crippen molar-refractivity contribution in [3.05, 3.63) is 35.1 Å². The third kappa shape index (κ3) is 4.95. The lowest BCUT2D eigenvalue weighted by Gasteiger charge is -2.39. The molecule has 1 aromatic carbocycles. The zero-order valence-corrected chi connectivity index (χ0v) is 19.5. The van der Waals surface area contributed by atoms with Crippen LogP contribution >= 0.6 is 11.6 Å². The summed E-state index contributed by atoms with van der Waals surface area (Å²) in [4.78, 5) is 29.1. The van der Waals surface area contributed by atoms with Crippen molar-refractivity contribution in [1.82, 2.24) is 30.0 Å². The van der Waals surface area contributed by atoms with Crippen LogP contribution in [0.15, 0.2) is 24.5 Å². The van der Waals surface area contributed by atoms with Crippen molar-refractivity contribution < 1.29 is 19.1 Å². The number of piperidine rings is 1. The van der Waals surface area contributed by atoms with E-state index in [-0.39, 0.29) is 23.8 Å². The average Bonchev–Trinajstić information content (AvgIpc) is 3.48. The van der Waals surface area contributed by atoms with E-state index in [1.165, 1.54) is 18.1 Å². The van der Waals surface area contributed by atoms with Gasteiger partial charge >= 0.3 is 0 Å². The van der Waals surface area contributed by atoms with Crippen LogP contribution in [0.4, 0.5) is 0 Å². The molecule has 2 saturated heterocycles. The van der Waals surface area contributed by atoms with Crippen LogP contribution in [-0.2, 0) is 16.1 Å². The first-order valence-electron chi connectivity index (χ1n) is 10.8. The number of ether oxygens (including phenoxy) is 2. The Morgan fingerprint density at radius 3 is 2.48 bits per heavy atom. The Balaban J connectivity index is 1.33. The van der Waals surface area contributed by atoms with Crippen LogP contribution in [0.5, 0.6) is 11.5 Å². The van der Waals surface area contributed by atoms with E-state index >= 15 is 0 Å². The molecule has 2 aliphatic heterocycles. The lowest BCUT2D eigenvalue weighted by molar-refractivity contribution is -0.134. The van der Waals surface area contributed by atoms with Gasteiger partial charge in [0.25, 0.3) is 0 Å². The minimum absolute atomic E-state index is 0.0119. The number of hydrogen-bond donors (Lipinski definition) is 0. The fourth-order valence-electron chi connectivity index (χ4n) is 4.55. The lowest BCUT2D eigenvalue weighted by Crippen LogP contribution is -2.45. The highest BCUT2D eigenvalue weighted by molar-refractivity contribution is 6.33. The van der Waals surface area contributed by atoms with E-state index in [9.17, 15) is 9.59 Å². The molecule has 0 unspecified atom stereocenters. The van der Waals surface area contributed by atoms with Crippen molar-refractivity contribution in [2.75, 3.05) is 40.4 Å². The van der Waals surface area contributed by atoms with Gasteiger partial charge in [0.05, 0.1) is 19.2 Å². The molecule has 1 aromatic heterocycles. The standard InChI is InChI=1S/C22H27ClN6O4/c1-32-17-5-3-16(20(23)21(17)33-2)4-6-18(30)28-12-9-22(14-28)7-10-27(11-8-22)19(31)13-29-15-24-25-26-29/h3-6,15H,7-14H2,1-2H3. The van der Waals surface area contributed by atoms with Gasteiger partial charge in [0.1, 0.15) is 12.9 Å². The Kier molecular flexibility index (Phi) is 6.83. The van der Waals surface area contributed by atoms with Crippen LogP contribution in [0.2, 0.25) is 5.02 Å². The molecule has 2 aromatic rings. The van der Waals surface area contributed by atoms with Crippen molar-refractivity contribution in [1.29, 1.82) is 0 Å². The van der Waals surface area contributed by atoms with Gasteiger partial charge in [0.2, 0.25) is 11.8 Å². The number of tetrazole rings is 1. The second-order valence-electron chi connectivity index (χ2n) is 8.44. The van der Waals surface area contributed by atoms with Crippen LogP contribution < -0.4 is 9.47 Å². The largest absolute Gasteiger partial charge is 0.493 e. The number of rotatable bonds is 6. The van der Waals surface area contributed by atoms with E-state index in [0.29, 0.717) is 48.3 Å². The van der Waals surface area contributed by atoms with Gasteiger partial charge in [0, 0.05) is 32.3 Å². The second kappa shape index (κ2) is 9.78. The quantitative estimate of drug-likeness (QED) is 0.589. The first kappa shape index (κ1) is 23.0. The molecule has 0 bridgehead atoms. The van der Waals surface area contributed by atoms with E-state index < -0.39 is 0 Å². The van der Waals surface area contributed by atoms with Gasteiger partial charge < -0.3 is 19.3 Å². The average molecular weight is 475 g/mol. The Labute approximate surface area is 197 Å². The molecule has 0 aliphatic carbocycles. The van der Waals surface area contributed by atoms with E-state index in [0.717, 1.165) is 19.3 Å². The van der Waals surface area contributed by atoms with Gasteiger partial charge in [0.15, 0.2) is 11.5 Å². The topological polar surface area (TPSA) is 103 Å². The number of carbonyl (C=O) groups is 2. The van der Waals surface area contributed by atoms with Crippen LogP contribution in [0.25, 0.3) is 6.08 Å². The number of amides is 2. The molecule has 0 N–H and O–H groups in total. The Morgan fingerprint density at radius 1 is 1.12 bits per heavy atom. The fraction of sp³-hybridized carbons (Fsp3) is 0.500. The maximum atomic E-state index is 12.8. The highest BCUT2D eigenvalue weighted by Crippen LogP contribution is 2.41. The summed E-state index contributed by atoms with van der Waals surface area (Å²) in [6.45, 7) is 2.92. The zero-order valence-electron chi connectivity index (χ0n) is 18.7. The number of benzene rings is 1. The van der Waals surface area contributed by atoms with E-state index in [4.69, 9.17) is 21.1 Å². The predicted octanol–water partition coefficient (Wildman–Crippen LogP) is 1.90. The normalized spacial score (nSPS) is 17.7. The summed E-state index contributed by atoms with van der Waals surface area (Å²) in [5.74, 6) is 0.943. The molecule has 4 rings (SSSR count). The molecular formula is C22H27ClN6O4. The third-order valence-electron chi connectivity index (χ3n) is 6.54. The summed E-state index contributed by atoms with van der Waals surface area (Å²) < 4.78 is 12.0. The minimum Gasteiger partial charge on any atom is -0.493 e. The molecule has 0 atom stereocenters. The molecule has 2 fully saturated rings. The minimum atomic E-state index is -0.0464. The first-order valence-corrected chi connectivity index (χ1v) is 11.2. The van der Waals surface area contributed by atoms with E-state index in [2.05, 4.69) is 15.5 Å². The lowest BCUT2D eigenvalue weighted by atomic mass is 9.78. The maximum Gasteiger partial charge on any atom is 0.246 e. The van der Waals surface area contributed by atoms with Gasteiger partial charge in [-0.15, -0.1) is 5.10 Å². The van der Waals surface area contributed by atoms with Gasteiger partial charge in [-0.3, -0.25) is 9.59 Å². The summed E-state index contributed by atoms with van der Waals surface area (Å²) >= 11 is 6.41. The van der Waals surface area contributed by atoms with Crippen LogP contribution in [0.1, 0.15) is 24.8 Å². The van der Waals surface area contributed by atoms with E-state index in [1.807, 2.05) is 9.80 Å². The molecule has 3 heterocycles. The summed E-state index contributed by atoms with van der Waals surface area (Å²) in [6.07, 6.45) is 7.40.